The molecule has 0 saturated heterocycles. The van der Waals surface area contributed by atoms with Crippen LogP contribution in [0.15, 0.2) is 78.4 Å². The Hall–Kier alpha value is -3.83. The van der Waals surface area contributed by atoms with Gasteiger partial charge in [0.15, 0.2) is 17.3 Å². The van der Waals surface area contributed by atoms with Crippen LogP contribution < -0.4 is 14.8 Å². The first kappa shape index (κ1) is 25.4. The first-order chi connectivity index (χ1) is 18.8. The normalized spacial score (nSPS) is 17.9. The van der Waals surface area contributed by atoms with Crippen molar-refractivity contribution in [3.05, 3.63) is 106 Å². The Labute approximate surface area is 232 Å². The average Bonchev–Trinajstić information content (AvgIpc) is 2.91. The molecule has 6 heteroatoms. The van der Waals surface area contributed by atoms with Crippen LogP contribution in [0.4, 0.5) is 10.1 Å². The number of methoxy groups -OCH3 is 1. The summed E-state index contributed by atoms with van der Waals surface area (Å²) in [6, 6.07) is 22.4. The molecule has 4 aromatic carbocycles. The van der Waals surface area contributed by atoms with E-state index in [1.54, 1.807) is 25.3 Å². The van der Waals surface area contributed by atoms with E-state index < -0.39 is 5.82 Å². The Bertz CT molecular complexity index is 1640. The van der Waals surface area contributed by atoms with Crippen molar-refractivity contribution in [1.29, 1.82) is 0 Å². The van der Waals surface area contributed by atoms with Gasteiger partial charge in [-0.1, -0.05) is 67.9 Å². The molecule has 0 spiro atoms. The molecule has 1 N–H and O–H groups in total. The van der Waals surface area contributed by atoms with Gasteiger partial charge >= 0.3 is 0 Å². The van der Waals surface area contributed by atoms with Crippen LogP contribution in [0.5, 0.6) is 11.5 Å². The lowest BCUT2D eigenvalue weighted by molar-refractivity contribution is -0.118. The number of Topliss-reactive ketones (excluding diaryl/α,β-unsaturated/α-hetero) is 1. The highest BCUT2D eigenvalue weighted by Gasteiger charge is 2.41. The molecule has 0 unspecified atom stereocenters. The number of anilines is 1. The first-order valence-corrected chi connectivity index (χ1v) is 13.4. The van der Waals surface area contributed by atoms with Gasteiger partial charge < -0.3 is 14.8 Å². The van der Waals surface area contributed by atoms with Crippen molar-refractivity contribution in [2.75, 3.05) is 12.4 Å². The Morgan fingerprint density at radius 2 is 1.82 bits per heavy atom. The number of allylic oxidation sites excluding steroid dienone is 1. The third kappa shape index (κ3) is 4.55. The van der Waals surface area contributed by atoms with Crippen LogP contribution in [0.2, 0.25) is 5.02 Å². The van der Waals surface area contributed by atoms with Crippen molar-refractivity contribution in [1.82, 2.24) is 0 Å². The summed E-state index contributed by atoms with van der Waals surface area (Å²) < 4.78 is 25.9. The highest BCUT2D eigenvalue weighted by atomic mass is 35.5. The zero-order valence-electron chi connectivity index (χ0n) is 22.1. The van der Waals surface area contributed by atoms with E-state index in [2.05, 4.69) is 43.4 Å². The standard InChI is InChI=1S/C33H29ClFNO3/c1-33(2)16-22-30-21-8-5-4-7-19(21)11-13-26(30)36-32(31(22)27(37)17-33)20-12-14-28(29(15-20)38-3)39-18-23-24(34)9-6-10-25(23)35/h4-15,32,36H,16-18H2,1-3H3/t32-/m1/s1. The van der Waals surface area contributed by atoms with Gasteiger partial charge in [-0.15, -0.1) is 0 Å². The maximum atomic E-state index is 14.3. The van der Waals surface area contributed by atoms with Gasteiger partial charge in [-0.2, -0.15) is 0 Å². The van der Waals surface area contributed by atoms with Crippen LogP contribution in [0.25, 0.3) is 16.3 Å². The van der Waals surface area contributed by atoms with Crippen molar-refractivity contribution in [2.45, 2.75) is 39.3 Å². The van der Waals surface area contributed by atoms with Gasteiger partial charge in [0.1, 0.15) is 12.4 Å². The number of ketones is 1. The van der Waals surface area contributed by atoms with E-state index in [1.807, 2.05) is 24.3 Å². The molecule has 6 rings (SSSR count). The number of halogens is 2. The highest BCUT2D eigenvalue weighted by Crippen LogP contribution is 2.52. The molecule has 0 bridgehead atoms. The summed E-state index contributed by atoms with van der Waals surface area (Å²) in [5, 5.41) is 6.27. The second-order valence-electron chi connectivity index (χ2n) is 11.0. The molecule has 0 saturated carbocycles. The number of benzene rings is 4. The van der Waals surface area contributed by atoms with E-state index in [0.717, 1.165) is 45.2 Å². The molecule has 198 valence electrons. The molecule has 0 aromatic heterocycles. The molecule has 4 aromatic rings. The fourth-order valence-electron chi connectivity index (χ4n) is 5.89. The summed E-state index contributed by atoms with van der Waals surface area (Å²) in [7, 11) is 1.57. The minimum Gasteiger partial charge on any atom is -0.493 e. The molecule has 0 fully saturated rings. The smallest absolute Gasteiger partial charge is 0.162 e. The van der Waals surface area contributed by atoms with Gasteiger partial charge in [-0.3, -0.25) is 4.79 Å². The van der Waals surface area contributed by atoms with Crippen molar-refractivity contribution in [2.24, 2.45) is 5.41 Å². The van der Waals surface area contributed by atoms with E-state index >= 15 is 0 Å². The summed E-state index contributed by atoms with van der Waals surface area (Å²) in [5.41, 5.74) is 5.10. The van der Waals surface area contributed by atoms with Gasteiger partial charge in [0.2, 0.25) is 0 Å². The van der Waals surface area contributed by atoms with E-state index in [9.17, 15) is 9.18 Å². The lowest BCUT2D eigenvalue weighted by Crippen LogP contribution is -2.33. The van der Waals surface area contributed by atoms with Crippen molar-refractivity contribution < 1.29 is 18.7 Å². The quantitative estimate of drug-likeness (QED) is 0.275. The number of hydrogen-bond donors (Lipinski definition) is 1. The summed E-state index contributed by atoms with van der Waals surface area (Å²) in [5.74, 6) is 0.699. The molecule has 0 radical (unpaired) electrons. The lowest BCUT2D eigenvalue weighted by Gasteiger charge is -2.40. The third-order valence-corrected chi connectivity index (χ3v) is 8.05. The lowest BCUT2D eigenvalue weighted by atomic mass is 9.68. The van der Waals surface area contributed by atoms with E-state index in [0.29, 0.717) is 22.9 Å². The number of carbonyl (C=O) groups excluding carboxylic acids is 1. The van der Waals surface area contributed by atoms with E-state index in [-0.39, 0.29) is 29.4 Å². The van der Waals surface area contributed by atoms with Crippen LogP contribution in [0.3, 0.4) is 0 Å². The number of carbonyl (C=O) groups is 1. The van der Waals surface area contributed by atoms with Crippen molar-refractivity contribution >= 4 is 39.4 Å². The number of hydrogen-bond acceptors (Lipinski definition) is 4. The molecule has 1 aliphatic carbocycles. The summed E-state index contributed by atoms with van der Waals surface area (Å²) in [6.07, 6.45) is 1.31. The van der Waals surface area contributed by atoms with E-state index in [1.165, 1.54) is 6.07 Å². The minimum atomic E-state index is -0.422. The minimum absolute atomic E-state index is 0.0355. The fraction of sp³-hybridized carbons (Fsp3) is 0.242. The number of fused-ring (bicyclic) bond motifs is 4. The van der Waals surface area contributed by atoms with Crippen molar-refractivity contribution in [3.8, 4) is 11.5 Å². The maximum Gasteiger partial charge on any atom is 0.162 e. The zero-order chi connectivity index (χ0) is 27.3. The van der Waals surface area contributed by atoms with Gasteiger partial charge in [-0.05, 0) is 64.1 Å². The number of ether oxygens (including phenoxy) is 2. The van der Waals surface area contributed by atoms with Crippen LogP contribution in [-0.4, -0.2) is 12.9 Å². The Morgan fingerprint density at radius 1 is 1.00 bits per heavy atom. The van der Waals surface area contributed by atoms with Gasteiger partial charge in [0.05, 0.1) is 18.2 Å². The topological polar surface area (TPSA) is 47.6 Å². The average molecular weight is 542 g/mol. The molecular formula is C33H29ClFNO3. The van der Waals surface area contributed by atoms with E-state index in [4.69, 9.17) is 21.1 Å². The molecule has 2 aliphatic rings. The summed E-state index contributed by atoms with van der Waals surface area (Å²) in [6.45, 7) is 4.28. The second kappa shape index (κ2) is 9.73. The largest absolute Gasteiger partial charge is 0.493 e. The third-order valence-electron chi connectivity index (χ3n) is 7.69. The molecular weight excluding hydrogens is 513 g/mol. The van der Waals surface area contributed by atoms with Gasteiger partial charge in [0, 0.05) is 28.8 Å². The summed E-state index contributed by atoms with van der Waals surface area (Å²) in [4.78, 5) is 13.7. The zero-order valence-corrected chi connectivity index (χ0v) is 22.9. The highest BCUT2D eigenvalue weighted by molar-refractivity contribution is 6.31. The molecule has 39 heavy (non-hydrogen) atoms. The van der Waals surface area contributed by atoms with Gasteiger partial charge in [-0.25, -0.2) is 4.39 Å². The number of rotatable bonds is 5. The molecule has 1 heterocycles. The molecule has 4 nitrogen and oxygen atoms in total. The second-order valence-corrected chi connectivity index (χ2v) is 11.4. The van der Waals surface area contributed by atoms with Gasteiger partial charge in [0.25, 0.3) is 0 Å². The predicted octanol–water partition coefficient (Wildman–Crippen LogP) is 8.53. The Balaban J connectivity index is 1.42. The molecule has 1 atom stereocenters. The first-order valence-electron chi connectivity index (χ1n) is 13.0. The van der Waals surface area contributed by atoms with Crippen LogP contribution >= 0.6 is 11.6 Å². The predicted molar refractivity (Wildman–Crippen MR) is 154 cm³/mol. The van der Waals surface area contributed by atoms with Crippen LogP contribution in [0.1, 0.15) is 49.4 Å². The number of nitrogens with one attached hydrogen (secondary N) is 1. The Morgan fingerprint density at radius 3 is 2.62 bits per heavy atom. The fourth-order valence-corrected chi connectivity index (χ4v) is 6.11. The van der Waals surface area contributed by atoms with Crippen LogP contribution in [0, 0.1) is 11.2 Å². The SMILES string of the molecule is COc1cc([C@H]2Nc3ccc4ccccc4c3C3=C2C(=O)CC(C)(C)C3)ccc1OCc1c(F)cccc1Cl. The maximum absolute atomic E-state index is 14.3. The monoisotopic (exact) mass is 541 g/mol. The molecule has 1 aliphatic heterocycles. The molecule has 0 amide bonds. The Kier molecular flexibility index (Phi) is 6.35. The summed E-state index contributed by atoms with van der Waals surface area (Å²) >= 11 is 6.18. The van der Waals surface area contributed by atoms with Crippen molar-refractivity contribution in [3.63, 3.8) is 0 Å². The van der Waals surface area contributed by atoms with Crippen LogP contribution in [-0.2, 0) is 11.4 Å².